The van der Waals surface area contributed by atoms with E-state index < -0.39 is 5.97 Å². The van der Waals surface area contributed by atoms with E-state index in [9.17, 15) is 4.79 Å². The molecular formula is C33H35N7O3. The minimum Gasteiger partial charge on any atom is -0.507 e. The third-order valence-corrected chi connectivity index (χ3v) is 6.87. The molecular weight excluding hydrogens is 542 g/mol. The number of carbonyl (C=O) groups is 1. The summed E-state index contributed by atoms with van der Waals surface area (Å²) in [6.07, 6.45) is 0. The van der Waals surface area contributed by atoms with E-state index in [1.165, 1.54) is 40.0 Å². The fourth-order valence-electron chi connectivity index (χ4n) is 4.65. The predicted molar refractivity (Wildman–Crippen MR) is 179 cm³/mol. The van der Waals surface area contributed by atoms with Gasteiger partial charge >= 0.3 is 5.97 Å². The van der Waals surface area contributed by atoms with Crippen LogP contribution in [0.2, 0.25) is 0 Å². The van der Waals surface area contributed by atoms with Gasteiger partial charge in [0.25, 0.3) is 0 Å². The maximum atomic E-state index is 10.4. The van der Waals surface area contributed by atoms with Crippen LogP contribution < -0.4 is 34.4 Å². The van der Waals surface area contributed by atoms with Crippen molar-refractivity contribution < 1.29 is 15.0 Å². The van der Waals surface area contributed by atoms with Crippen LogP contribution in [0.3, 0.4) is 0 Å². The first kappa shape index (κ1) is 29.9. The number of hydrogen-bond acceptors (Lipinski definition) is 8. The lowest BCUT2D eigenvalue weighted by Gasteiger charge is -2.07. The van der Waals surface area contributed by atoms with Crippen LogP contribution in [0, 0.1) is 0 Å². The van der Waals surface area contributed by atoms with E-state index in [4.69, 9.17) is 44.6 Å². The summed E-state index contributed by atoms with van der Waals surface area (Å²) in [6.45, 7) is 3.15. The van der Waals surface area contributed by atoms with Crippen LogP contribution in [0.1, 0.15) is 17.3 Å². The predicted octanol–water partition coefficient (Wildman–Crippen LogP) is 5.75. The van der Waals surface area contributed by atoms with Crippen molar-refractivity contribution in [3.8, 4) is 16.9 Å². The quantitative estimate of drug-likeness (QED) is 0.0946. The van der Waals surface area contributed by atoms with Gasteiger partial charge in [-0.1, -0.05) is 30.3 Å². The van der Waals surface area contributed by atoms with E-state index >= 15 is 0 Å². The SMILES string of the molecule is CCn1c2ccccc2c2cc(N)ccc21.Nc1ccc(-c2ccc(N)c(N)c2)cc1N.Nc1ccc(O)c(C(=O)O)c1. The van der Waals surface area contributed by atoms with E-state index in [0.29, 0.717) is 28.4 Å². The Balaban J connectivity index is 0.000000151. The molecule has 43 heavy (non-hydrogen) atoms. The van der Waals surface area contributed by atoms with Gasteiger partial charge in [0.2, 0.25) is 0 Å². The van der Waals surface area contributed by atoms with Gasteiger partial charge in [-0.15, -0.1) is 0 Å². The van der Waals surface area contributed by atoms with Crippen molar-refractivity contribution in [3.63, 3.8) is 0 Å². The molecule has 0 aliphatic heterocycles. The highest BCUT2D eigenvalue weighted by atomic mass is 16.4. The Morgan fingerprint density at radius 2 is 1.16 bits per heavy atom. The maximum Gasteiger partial charge on any atom is 0.339 e. The molecule has 1 heterocycles. The molecule has 0 atom stereocenters. The number of carboxylic acid groups (broad SMARTS) is 1. The summed E-state index contributed by atoms with van der Waals surface area (Å²) in [5.74, 6) is -1.46. The van der Waals surface area contributed by atoms with E-state index in [2.05, 4.69) is 47.9 Å². The first-order valence-electron chi connectivity index (χ1n) is 13.4. The van der Waals surface area contributed by atoms with Crippen LogP contribution >= 0.6 is 0 Å². The Morgan fingerprint density at radius 3 is 1.70 bits per heavy atom. The summed E-state index contributed by atoms with van der Waals surface area (Å²) in [5, 5.41) is 20.0. The number of aromatic nitrogens is 1. The van der Waals surface area contributed by atoms with E-state index in [-0.39, 0.29) is 11.3 Å². The van der Waals surface area contributed by atoms with Crippen molar-refractivity contribution >= 4 is 61.9 Å². The second kappa shape index (κ2) is 12.6. The second-order valence-electron chi connectivity index (χ2n) is 9.81. The molecule has 0 amide bonds. The van der Waals surface area contributed by atoms with E-state index in [1.54, 1.807) is 12.1 Å². The summed E-state index contributed by atoms with van der Waals surface area (Å²) in [5.41, 5.74) is 41.7. The Kier molecular flexibility index (Phi) is 8.81. The minimum absolute atomic E-state index is 0.176. The van der Waals surface area contributed by atoms with E-state index in [1.807, 2.05) is 30.3 Å². The zero-order valence-corrected chi connectivity index (χ0v) is 23.7. The lowest BCUT2D eigenvalue weighted by Crippen LogP contribution is -1.97. The molecule has 10 heteroatoms. The molecule has 6 aromatic rings. The van der Waals surface area contributed by atoms with Crippen LogP contribution in [0.5, 0.6) is 5.75 Å². The molecule has 0 saturated heterocycles. The monoisotopic (exact) mass is 577 g/mol. The summed E-state index contributed by atoms with van der Waals surface area (Å²) in [4.78, 5) is 10.4. The van der Waals surface area contributed by atoms with Crippen molar-refractivity contribution in [2.24, 2.45) is 0 Å². The van der Waals surface area contributed by atoms with Gasteiger partial charge in [-0.3, -0.25) is 0 Å². The van der Waals surface area contributed by atoms with Gasteiger partial charge in [-0.2, -0.15) is 0 Å². The highest BCUT2D eigenvalue weighted by molar-refractivity contribution is 6.09. The summed E-state index contributed by atoms with van der Waals surface area (Å²) in [6, 6.07) is 29.5. The first-order valence-corrected chi connectivity index (χ1v) is 13.4. The number of benzene rings is 5. The number of nitrogens with two attached hydrogens (primary N) is 6. The molecule has 0 fully saturated rings. The Labute approximate surface area is 248 Å². The lowest BCUT2D eigenvalue weighted by molar-refractivity contribution is 0.0693. The Morgan fingerprint density at radius 1 is 0.628 bits per heavy atom. The Hall–Kier alpha value is -6.03. The largest absolute Gasteiger partial charge is 0.507 e. The van der Waals surface area contributed by atoms with Gasteiger partial charge in [0, 0.05) is 39.7 Å². The molecule has 0 aliphatic rings. The number of aromatic hydroxyl groups is 1. The maximum absolute atomic E-state index is 10.4. The molecule has 0 saturated carbocycles. The number of phenols is 1. The topological polar surface area (TPSA) is 219 Å². The molecule has 0 unspecified atom stereocenters. The zero-order valence-electron chi connectivity index (χ0n) is 23.7. The van der Waals surface area contributed by atoms with Crippen LogP contribution in [-0.2, 0) is 6.54 Å². The number of aromatic carboxylic acids is 1. The molecule has 0 spiro atoms. The van der Waals surface area contributed by atoms with E-state index in [0.717, 1.165) is 23.4 Å². The molecule has 0 bridgehead atoms. The summed E-state index contributed by atoms with van der Waals surface area (Å²) in [7, 11) is 0. The van der Waals surface area contributed by atoms with Crippen LogP contribution in [0.25, 0.3) is 32.9 Å². The number of rotatable bonds is 3. The molecule has 0 aliphatic carbocycles. The van der Waals surface area contributed by atoms with Crippen molar-refractivity contribution in [2.45, 2.75) is 13.5 Å². The second-order valence-corrected chi connectivity index (χ2v) is 9.81. The smallest absolute Gasteiger partial charge is 0.339 e. The van der Waals surface area contributed by atoms with Crippen LogP contribution in [0.15, 0.2) is 97.1 Å². The average Bonchev–Trinajstić information content (AvgIpc) is 3.30. The summed E-state index contributed by atoms with van der Waals surface area (Å²) >= 11 is 0. The Bertz CT molecular complexity index is 1880. The third kappa shape index (κ3) is 6.66. The third-order valence-electron chi connectivity index (χ3n) is 6.87. The number of para-hydroxylation sites is 1. The molecule has 14 N–H and O–H groups in total. The fourth-order valence-corrected chi connectivity index (χ4v) is 4.65. The normalized spacial score (nSPS) is 10.4. The van der Waals surface area contributed by atoms with Crippen molar-refractivity contribution in [2.75, 3.05) is 34.4 Å². The molecule has 0 radical (unpaired) electrons. The average molecular weight is 578 g/mol. The number of carboxylic acids is 1. The highest BCUT2D eigenvalue weighted by Gasteiger charge is 2.09. The highest BCUT2D eigenvalue weighted by Crippen LogP contribution is 2.30. The standard InChI is InChI=1S/C14H14N2.C12H14N4.C7H7NO3/c1-2-16-13-6-4-3-5-11(13)12-9-10(15)7-8-14(12)16;13-9-3-1-7(5-11(9)15)8-2-4-10(14)12(16)6-8;8-4-1-2-6(9)5(3-4)7(10)11/h3-9H,2,15H2,1H3;1-6H,13-16H2;1-3,9H,8H2,(H,10,11). The van der Waals surface area contributed by atoms with Crippen molar-refractivity contribution in [1.29, 1.82) is 0 Å². The summed E-state index contributed by atoms with van der Waals surface area (Å²) < 4.78 is 2.32. The van der Waals surface area contributed by atoms with Gasteiger partial charge in [-0.25, -0.2) is 4.79 Å². The van der Waals surface area contributed by atoms with Gasteiger partial charge in [0.15, 0.2) is 0 Å². The van der Waals surface area contributed by atoms with Gasteiger partial charge < -0.3 is 49.2 Å². The number of anilines is 6. The fraction of sp³-hybridized carbons (Fsp3) is 0.0606. The van der Waals surface area contributed by atoms with Gasteiger partial charge in [-0.05, 0) is 84.8 Å². The molecule has 1 aromatic heterocycles. The first-order chi connectivity index (χ1) is 20.5. The lowest BCUT2D eigenvalue weighted by atomic mass is 10.0. The molecule has 6 rings (SSSR count). The molecule has 220 valence electrons. The van der Waals surface area contributed by atoms with Crippen LogP contribution in [0.4, 0.5) is 34.1 Å². The van der Waals surface area contributed by atoms with Gasteiger partial charge in [0.1, 0.15) is 11.3 Å². The molecule has 5 aromatic carbocycles. The van der Waals surface area contributed by atoms with Crippen LogP contribution in [-0.4, -0.2) is 20.7 Å². The number of nitrogens with zero attached hydrogens (tertiary/aromatic N) is 1. The number of fused-ring (bicyclic) bond motifs is 3. The van der Waals surface area contributed by atoms with Crippen molar-refractivity contribution in [3.05, 3.63) is 103 Å². The van der Waals surface area contributed by atoms with Crippen molar-refractivity contribution in [1.82, 2.24) is 4.57 Å². The molecule has 10 nitrogen and oxygen atoms in total. The number of aryl methyl sites for hydroxylation is 1. The van der Waals surface area contributed by atoms with Gasteiger partial charge in [0.05, 0.1) is 22.7 Å². The number of nitrogen functional groups attached to an aromatic ring is 6. The number of hydrogen-bond donors (Lipinski definition) is 8. The zero-order chi connectivity index (χ0) is 31.3. The minimum atomic E-state index is -1.19.